The molecule has 2 aliphatic carbocycles. The van der Waals surface area contributed by atoms with Crippen molar-refractivity contribution < 1.29 is 4.39 Å². The van der Waals surface area contributed by atoms with Gasteiger partial charge in [0.1, 0.15) is 5.82 Å². The molecule has 3 heteroatoms. The van der Waals surface area contributed by atoms with Crippen LogP contribution in [0, 0.1) is 11.7 Å². The van der Waals surface area contributed by atoms with Gasteiger partial charge in [-0.05, 0) is 87.9 Å². The molecule has 0 aromatic heterocycles. The molecule has 1 aromatic rings. The molecule has 2 fully saturated rings. The number of hydrogen-bond acceptors (Lipinski definition) is 1. The van der Waals surface area contributed by atoms with Crippen molar-refractivity contribution in [3.8, 4) is 0 Å². The lowest BCUT2D eigenvalue weighted by Gasteiger charge is -2.31. The topological polar surface area (TPSA) is 12.0 Å². The summed E-state index contributed by atoms with van der Waals surface area (Å²) in [7, 11) is 0. The summed E-state index contributed by atoms with van der Waals surface area (Å²) in [6.45, 7) is 3.54. The second-order valence-corrected chi connectivity index (χ2v) is 8.27. The van der Waals surface area contributed by atoms with E-state index in [1.54, 1.807) is 6.07 Å². The van der Waals surface area contributed by atoms with Crippen molar-refractivity contribution in [2.24, 2.45) is 5.92 Å². The predicted octanol–water partition coefficient (Wildman–Crippen LogP) is 6.07. The molecule has 1 aromatic carbocycles. The van der Waals surface area contributed by atoms with Gasteiger partial charge in [-0.15, -0.1) is 0 Å². The first-order valence-corrected chi connectivity index (χ1v) is 9.63. The second-order valence-electron chi connectivity index (χ2n) is 7.87. The van der Waals surface area contributed by atoms with Crippen LogP contribution in [-0.4, -0.2) is 12.1 Å². The summed E-state index contributed by atoms with van der Waals surface area (Å²) in [5.74, 6) is 1.11. The lowest BCUT2D eigenvalue weighted by molar-refractivity contribution is 0.285. The standard InChI is InChI=1S/C20H29ClFN/c1-20(11-2-3-12-20)23-13-10-15-4-6-16(7-5-15)18-9-8-17(22)14-19(18)21/h8-9,14-16,23H,2-7,10-13H2,1H3. The summed E-state index contributed by atoms with van der Waals surface area (Å²) in [5.41, 5.74) is 1.54. The smallest absolute Gasteiger partial charge is 0.124 e. The molecule has 2 aliphatic rings. The molecule has 23 heavy (non-hydrogen) atoms. The molecule has 0 radical (unpaired) electrons. The van der Waals surface area contributed by atoms with E-state index in [1.807, 2.05) is 6.07 Å². The molecule has 0 amide bonds. The van der Waals surface area contributed by atoms with Gasteiger partial charge in [-0.1, -0.05) is 30.5 Å². The Labute approximate surface area is 145 Å². The fraction of sp³-hybridized carbons (Fsp3) is 0.700. The summed E-state index contributed by atoms with van der Waals surface area (Å²) in [5, 5.41) is 4.40. The van der Waals surface area contributed by atoms with E-state index in [2.05, 4.69) is 12.2 Å². The lowest BCUT2D eigenvalue weighted by atomic mass is 9.77. The predicted molar refractivity (Wildman–Crippen MR) is 95.6 cm³/mol. The van der Waals surface area contributed by atoms with Crippen molar-refractivity contribution in [3.63, 3.8) is 0 Å². The highest BCUT2D eigenvalue weighted by Gasteiger charge is 2.28. The Morgan fingerprint density at radius 3 is 2.52 bits per heavy atom. The van der Waals surface area contributed by atoms with Crippen molar-refractivity contribution in [3.05, 3.63) is 34.6 Å². The van der Waals surface area contributed by atoms with Crippen LogP contribution in [0.25, 0.3) is 0 Å². The second kappa shape index (κ2) is 7.53. The molecule has 0 aliphatic heterocycles. The number of halogens is 2. The van der Waals surface area contributed by atoms with Gasteiger partial charge in [0.25, 0.3) is 0 Å². The molecule has 128 valence electrons. The highest BCUT2D eigenvalue weighted by atomic mass is 35.5. The van der Waals surface area contributed by atoms with Crippen LogP contribution in [0.1, 0.15) is 76.2 Å². The summed E-state index contributed by atoms with van der Waals surface area (Å²) < 4.78 is 13.2. The van der Waals surface area contributed by atoms with Crippen molar-refractivity contribution in [2.45, 2.75) is 76.2 Å². The fourth-order valence-electron chi connectivity index (χ4n) is 4.50. The summed E-state index contributed by atoms with van der Waals surface area (Å²) in [6.07, 6.45) is 11.7. The number of rotatable bonds is 5. The zero-order valence-electron chi connectivity index (χ0n) is 14.2. The van der Waals surface area contributed by atoms with Gasteiger partial charge in [0, 0.05) is 10.6 Å². The Balaban J connectivity index is 1.43. The molecule has 1 nitrogen and oxygen atoms in total. The van der Waals surface area contributed by atoms with Crippen molar-refractivity contribution in [2.75, 3.05) is 6.54 Å². The molecule has 1 N–H and O–H groups in total. The zero-order valence-corrected chi connectivity index (χ0v) is 15.0. The first kappa shape index (κ1) is 17.2. The van der Waals surface area contributed by atoms with Crippen molar-refractivity contribution >= 4 is 11.6 Å². The first-order chi connectivity index (χ1) is 11.1. The number of benzene rings is 1. The molecule has 0 saturated heterocycles. The van der Waals surface area contributed by atoms with Crippen LogP contribution in [0.15, 0.2) is 18.2 Å². The van der Waals surface area contributed by atoms with Crippen molar-refractivity contribution in [1.82, 2.24) is 5.32 Å². The van der Waals surface area contributed by atoms with Crippen LogP contribution in [0.5, 0.6) is 0 Å². The zero-order chi connectivity index (χ0) is 16.3. The SMILES string of the molecule is CC1(NCCC2CCC(c3ccc(F)cc3Cl)CC2)CCCC1. The number of hydrogen-bond donors (Lipinski definition) is 1. The van der Waals surface area contributed by atoms with Crippen LogP contribution >= 0.6 is 11.6 Å². The highest BCUT2D eigenvalue weighted by Crippen LogP contribution is 2.39. The van der Waals surface area contributed by atoms with Gasteiger partial charge in [-0.25, -0.2) is 4.39 Å². The summed E-state index contributed by atoms with van der Waals surface area (Å²) in [4.78, 5) is 0. The minimum Gasteiger partial charge on any atom is -0.312 e. The maximum Gasteiger partial charge on any atom is 0.124 e. The normalized spacial score (nSPS) is 27.3. The van der Waals surface area contributed by atoms with Crippen LogP contribution in [0.3, 0.4) is 0 Å². The Hall–Kier alpha value is -0.600. The summed E-state index contributed by atoms with van der Waals surface area (Å²) >= 11 is 6.22. The molecule has 2 saturated carbocycles. The van der Waals surface area contributed by atoms with Crippen LogP contribution < -0.4 is 5.32 Å². The molecule has 0 bridgehead atoms. The van der Waals surface area contributed by atoms with Crippen molar-refractivity contribution in [1.29, 1.82) is 0 Å². The molecular weight excluding hydrogens is 309 g/mol. The first-order valence-electron chi connectivity index (χ1n) is 9.26. The largest absolute Gasteiger partial charge is 0.312 e. The third-order valence-electron chi connectivity index (χ3n) is 6.06. The molecular formula is C20H29ClFN. The minimum atomic E-state index is -0.237. The van der Waals surface area contributed by atoms with Crippen LogP contribution in [-0.2, 0) is 0 Å². The Morgan fingerprint density at radius 2 is 1.87 bits per heavy atom. The van der Waals surface area contributed by atoms with Gasteiger partial charge < -0.3 is 5.32 Å². The Kier molecular flexibility index (Phi) is 5.64. The quantitative estimate of drug-likeness (QED) is 0.688. The number of nitrogens with one attached hydrogen (secondary N) is 1. The molecule has 0 spiro atoms. The van der Waals surface area contributed by atoms with Crippen LogP contribution in [0.2, 0.25) is 5.02 Å². The average molecular weight is 338 g/mol. The lowest BCUT2D eigenvalue weighted by Crippen LogP contribution is -2.40. The molecule has 0 heterocycles. The van der Waals surface area contributed by atoms with Gasteiger partial charge in [0.15, 0.2) is 0 Å². The van der Waals surface area contributed by atoms with E-state index in [4.69, 9.17) is 11.6 Å². The molecule has 0 unspecified atom stereocenters. The Bertz CT molecular complexity index is 516. The average Bonchev–Trinajstić information content (AvgIpc) is 2.95. The fourth-order valence-corrected chi connectivity index (χ4v) is 4.83. The van der Waals surface area contributed by atoms with E-state index < -0.39 is 0 Å². The van der Waals surface area contributed by atoms with E-state index in [-0.39, 0.29) is 5.82 Å². The summed E-state index contributed by atoms with van der Waals surface area (Å²) in [6, 6.07) is 4.87. The third kappa shape index (κ3) is 4.48. The molecule has 0 atom stereocenters. The monoisotopic (exact) mass is 337 g/mol. The van der Waals surface area contributed by atoms with Gasteiger partial charge in [0.2, 0.25) is 0 Å². The highest BCUT2D eigenvalue weighted by molar-refractivity contribution is 6.31. The third-order valence-corrected chi connectivity index (χ3v) is 6.39. The maximum absolute atomic E-state index is 13.2. The Morgan fingerprint density at radius 1 is 1.17 bits per heavy atom. The van der Waals surface area contributed by atoms with Gasteiger partial charge in [-0.3, -0.25) is 0 Å². The minimum absolute atomic E-state index is 0.237. The maximum atomic E-state index is 13.2. The van der Waals surface area contributed by atoms with E-state index >= 15 is 0 Å². The van der Waals surface area contributed by atoms with E-state index in [1.165, 1.54) is 63.9 Å². The van der Waals surface area contributed by atoms with Crippen LogP contribution in [0.4, 0.5) is 4.39 Å². The van der Waals surface area contributed by atoms with E-state index in [0.29, 0.717) is 16.5 Å². The molecule has 3 rings (SSSR count). The van der Waals surface area contributed by atoms with E-state index in [9.17, 15) is 4.39 Å². The van der Waals surface area contributed by atoms with Gasteiger partial charge in [0.05, 0.1) is 0 Å². The van der Waals surface area contributed by atoms with Gasteiger partial charge in [-0.2, -0.15) is 0 Å². The van der Waals surface area contributed by atoms with Gasteiger partial charge >= 0.3 is 0 Å². The van der Waals surface area contributed by atoms with E-state index in [0.717, 1.165) is 18.0 Å².